The monoisotopic (exact) mass is 220 g/mol. The normalized spacial score (nSPS) is 11.1. The van der Waals surface area contributed by atoms with Crippen molar-refractivity contribution >= 4 is 17.6 Å². The third kappa shape index (κ3) is 3.30. The van der Waals surface area contributed by atoms with E-state index in [1.807, 2.05) is 0 Å². The van der Waals surface area contributed by atoms with Crippen molar-refractivity contribution in [2.75, 3.05) is 0 Å². The molecule has 0 heterocycles. The van der Waals surface area contributed by atoms with Gasteiger partial charge in [0.05, 0.1) is 0 Å². The Kier molecular flexibility index (Phi) is 3.41. The summed E-state index contributed by atoms with van der Waals surface area (Å²) in [5.74, 6) is -1.73. The Hall–Kier alpha value is -1.16. The lowest BCUT2D eigenvalue weighted by molar-refractivity contribution is -0.162. The predicted molar refractivity (Wildman–Crippen MR) is 47.0 cm³/mol. The molecule has 0 bridgehead atoms. The molecule has 0 spiro atoms. The van der Waals surface area contributed by atoms with Crippen LogP contribution in [0.25, 0.3) is 0 Å². The van der Waals surface area contributed by atoms with Crippen molar-refractivity contribution in [3.8, 4) is 0 Å². The fraction of sp³-hybridized carbons (Fsp3) is 0.222. The molecule has 0 aromatic heterocycles. The van der Waals surface area contributed by atoms with E-state index in [0.29, 0.717) is 5.56 Å². The van der Waals surface area contributed by atoms with Crippen LogP contribution in [-0.4, -0.2) is 11.4 Å². The van der Waals surface area contributed by atoms with E-state index in [1.165, 1.54) is 0 Å². The molecule has 0 saturated carbocycles. The maximum atomic E-state index is 12.1. The minimum Gasteiger partial charge on any atom is -0.455 e. The van der Waals surface area contributed by atoms with Gasteiger partial charge in [0, 0.05) is 0 Å². The number of benzene rings is 1. The van der Waals surface area contributed by atoms with Gasteiger partial charge in [0.25, 0.3) is 0 Å². The Morgan fingerprint density at radius 2 is 1.93 bits per heavy atom. The number of ether oxygens (including phenoxy) is 1. The van der Waals surface area contributed by atoms with E-state index in [9.17, 15) is 13.6 Å². The van der Waals surface area contributed by atoms with Crippen LogP contribution in [0.3, 0.4) is 0 Å². The van der Waals surface area contributed by atoms with Crippen molar-refractivity contribution in [1.82, 2.24) is 0 Å². The summed E-state index contributed by atoms with van der Waals surface area (Å²) in [5, 5.41) is -3.95. The van der Waals surface area contributed by atoms with Gasteiger partial charge in [-0.25, -0.2) is 4.79 Å². The molecule has 0 N–H and O–H groups in total. The van der Waals surface area contributed by atoms with Crippen molar-refractivity contribution in [2.45, 2.75) is 12.0 Å². The second-order valence-electron chi connectivity index (χ2n) is 2.56. The standard InChI is InChI=1S/C9H7ClF2O2/c10-9(11,12)8(13)14-6-7-4-2-1-3-5-7/h1-5H,6H2. The average molecular weight is 221 g/mol. The highest BCUT2D eigenvalue weighted by Crippen LogP contribution is 2.20. The van der Waals surface area contributed by atoms with Crippen molar-refractivity contribution in [3.05, 3.63) is 35.9 Å². The Labute approximate surface area is 84.4 Å². The molecular weight excluding hydrogens is 214 g/mol. The molecule has 0 saturated heterocycles. The summed E-state index contributed by atoms with van der Waals surface area (Å²) < 4.78 is 28.5. The molecule has 1 aromatic rings. The zero-order chi connectivity index (χ0) is 10.6. The van der Waals surface area contributed by atoms with E-state index in [1.54, 1.807) is 30.3 Å². The topological polar surface area (TPSA) is 26.3 Å². The van der Waals surface area contributed by atoms with E-state index in [4.69, 9.17) is 0 Å². The maximum absolute atomic E-state index is 12.1. The van der Waals surface area contributed by atoms with Gasteiger partial charge in [0.15, 0.2) is 0 Å². The van der Waals surface area contributed by atoms with Gasteiger partial charge >= 0.3 is 11.4 Å². The third-order valence-corrected chi connectivity index (χ3v) is 1.60. The number of esters is 1. The molecule has 0 atom stereocenters. The van der Waals surface area contributed by atoms with Crippen LogP contribution in [0, 0.1) is 0 Å². The number of carbonyl (C=O) groups is 1. The first-order chi connectivity index (χ1) is 6.50. The van der Waals surface area contributed by atoms with Gasteiger partial charge in [-0.2, -0.15) is 8.78 Å². The molecule has 0 aliphatic rings. The van der Waals surface area contributed by atoms with E-state index >= 15 is 0 Å². The van der Waals surface area contributed by atoms with Crippen LogP contribution in [0.2, 0.25) is 0 Å². The van der Waals surface area contributed by atoms with Gasteiger partial charge in [-0.1, -0.05) is 30.3 Å². The van der Waals surface area contributed by atoms with E-state index < -0.39 is 11.4 Å². The van der Waals surface area contributed by atoms with Crippen LogP contribution in [0.5, 0.6) is 0 Å². The maximum Gasteiger partial charge on any atom is 0.417 e. The van der Waals surface area contributed by atoms with E-state index in [-0.39, 0.29) is 6.61 Å². The van der Waals surface area contributed by atoms with Crippen LogP contribution in [0.15, 0.2) is 30.3 Å². The number of halogens is 3. The second kappa shape index (κ2) is 4.37. The summed E-state index contributed by atoms with van der Waals surface area (Å²) in [6.45, 7) is -0.206. The molecule has 0 radical (unpaired) electrons. The smallest absolute Gasteiger partial charge is 0.417 e. The average Bonchev–Trinajstić information content (AvgIpc) is 2.14. The van der Waals surface area contributed by atoms with Gasteiger partial charge in [-0.15, -0.1) is 0 Å². The van der Waals surface area contributed by atoms with E-state index in [2.05, 4.69) is 16.3 Å². The van der Waals surface area contributed by atoms with E-state index in [0.717, 1.165) is 0 Å². The molecule has 76 valence electrons. The first-order valence-electron chi connectivity index (χ1n) is 3.78. The molecule has 0 aliphatic carbocycles. The Bertz CT molecular complexity index is 308. The molecule has 0 fully saturated rings. The minimum absolute atomic E-state index is 0.206. The molecule has 14 heavy (non-hydrogen) atoms. The lowest BCUT2D eigenvalue weighted by Gasteiger charge is -2.07. The summed E-state index contributed by atoms with van der Waals surface area (Å²) in [5.41, 5.74) is 0.627. The summed E-state index contributed by atoms with van der Waals surface area (Å²) >= 11 is 4.44. The lowest BCUT2D eigenvalue weighted by Crippen LogP contribution is -2.23. The number of hydrogen-bond acceptors (Lipinski definition) is 2. The first-order valence-corrected chi connectivity index (χ1v) is 4.16. The zero-order valence-corrected chi connectivity index (χ0v) is 7.80. The van der Waals surface area contributed by atoms with Crippen molar-refractivity contribution in [1.29, 1.82) is 0 Å². The molecule has 0 amide bonds. The van der Waals surface area contributed by atoms with Crippen LogP contribution in [0.4, 0.5) is 8.78 Å². The highest BCUT2D eigenvalue weighted by molar-refractivity contribution is 6.31. The van der Waals surface area contributed by atoms with Gasteiger partial charge in [-0.3, -0.25) is 0 Å². The van der Waals surface area contributed by atoms with Gasteiger partial charge in [-0.05, 0) is 17.2 Å². The summed E-state index contributed by atoms with van der Waals surface area (Å²) in [6.07, 6.45) is 0. The number of rotatable bonds is 3. The highest BCUT2D eigenvalue weighted by Gasteiger charge is 2.37. The zero-order valence-electron chi connectivity index (χ0n) is 7.04. The summed E-state index contributed by atoms with van der Waals surface area (Å²) in [6, 6.07) is 8.49. The quantitative estimate of drug-likeness (QED) is 0.578. The third-order valence-electron chi connectivity index (χ3n) is 1.44. The highest BCUT2D eigenvalue weighted by atomic mass is 35.5. The Morgan fingerprint density at radius 1 is 1.36 bits per heavy atom. The lowest BCUT2D eigenvalue weighted by atomic mass is 10.2. The number of carbonyl (C=O) groups excluding carboxylic acids is 1. The molecular formula is C9H7ClF2O2. The second-order valence-corrected chi connectivity index (χ2v) is 3.03. The fourth-order valence-electron chi connectivity index (χ4n) is 0.805. The fourth-order valence-corrected chi connectivity index (χ4v) is 0.860. The molecule has 0 unspecified atom stereocenters. The minimum atomic E-state index is -3.95. The van der Waals surface area contributed by atoms with Crippen LogP contribution in [0.1, 0.15) is 5.56 Å². The first kappa shape index (κ1) is 10.9. The van der Waals surface area contributed by atoms with Gasteiger partial charge in [0.2, 0.25) is 0 Å². The van der Waals surface area contributed by atoms with Crippen LogP contribution >= 0.6 is 11.6 Å². The number of hydrogen-bond donors (Lipinski definition) is 0. The molecule has 2 nitrogen and oxygen atoms in total. The van der Waals surface area contributed by atoms with Crippen molar-refractivity contribution in [3.63, 3.8) is 0 Å². The Morgan fingerprint density at radius 3 is 2.43 bits per heavy atom. The van der Waals surface area contributed by atoms with Crippen LogP contribution < -0.4 is 0 Å². The van der Waals surface area contributed by atoms with Crippen molar-refractivity contribution < 1.29 is 18.3 Å². The SMILES string of the molecule is O=C(OCc1ccccc1)C(F)(F)Cl. The predicted octanol–water partition coefficient (Wildman–Crippen LogP) is 2.56. The van der Waals surface area contributed by atoms with Gasteiger partial charge < -0.3 is 4.74 Å². The number of alkyl halides is 3. The largest absolute Gasteiger partial charge is 0.455 e. The summed E-state index contributed by atoms with van der Waals surface area (Å²) in [4.78, 5) is 10.5. The van der Waals surface area contributed by atoms with Crippen LogP contribution in [-0.2, 0) is 16.1 Å². The molecule has 5 heteroatoms. The van der Waals surface area contributed by atoms with Crippen molar-refractivity contribution in [2.24, 2.45) is 0 Å². The molecule has 1 aromatic carbocycles. The Balaban J connectivity index is 2.46. The summed E-state index contributed by atoms with van der Waals surface area (Å²) in [7, 11) is 0. The van der Waals surface area contributed by atoms with Gasteiger partial charge in [0.1, 0.15) is 6.61 Å². The molecule has 0 aliphatic heterocycles. The molecule has 1 rings (SSSR count).